The van der Waals surface area contributed by atoms with E-state index in [2.05, 4.69) is 10.6 Å². The number of amides is 2. The molecule has 0 saturated heterocycles. The van der Waals surface area contributed by atoms with Gasteiger partial charge in [-0.15, -0.1) is 0 Å². The zero-order valence-corrected chi connectivity index (χ0v) is 13.6. The highest BCUT2D eigenvalue weighted by Gasteiger charge is 2.14. The monoisotopic (exact) mass is 332 g/mol. The number of carbonyl (C=O) groups excluding carboxylic acids is 2. The van der Waals surface area contributed by atoms with Gasteiger partial charge in [0.15, 0.2) is 0 Å². The quantitative estimate of drug-likeness (QED) is 0.812. The molecule has 0 aliphatic rings. The van der Waals surface area contributed by atoms with E-state index in [1.54, 1.807) is 43.3 Å². The van der Waals surface area contributed by atoms with Crippen molar-refractivity contribution in [2.75, 3.05) is 17.2 Å². The lowest BCUT2D eigenvalue weighted by Crippen LogP contribution is -2.21. The van der Waals surface area contributed by atoms with Crippen molar-refractivity contribution in [1.82, 2.24) is 0 Å². The van der Waals surface area contributed by atoms with Crippen LogP contribution in [0.15, 0.2) is 42.5 Å². The number of rotatable bonds is 4. The van der Waals surface area contributed by atoms with Gasteiger partial charge in [0.25, 0.3) is 0 Å². The predicted molar refractivity (Wildman–Crippen MR) is 91.2 cm³/mol. The number of halogens is 1. The van der Waals surface area contributed by atoms with Gasteiger partial charge in [0.05, 0.1) is 17.9 Å². The third kappa shape index (κ3) is 4.47. The Labute approximate surface area is 139 Å². The third-order valence-corrected chi connectivity index (χ3v) is 3.35. The smallest absolute Gasteiger partial charge is 0.340 e. The molecule has 23 heavy (non-hydrogen) atoms. The van der Waals surface area contributed by atoms with Gasteiger partial charge in [0, 0.05) is 10.7 Å². The number of hydrogen-bond acceptors (Lipinski definition) is 3. The van der Waals surface area contributed by atoms with Crippen molar-refractivity contribution in [3.63, 3.8) is 0 Å². The first-order valence-corrected chi connectivity index (χ1v) is 7.49. The van der Waals surface area contributed by atoms with Crippen LogP contribution < -0.4 is 10.6 Å². The van der Waals surface area contributed by atoms with E-state index in [4.69, 9.17) is 16.3 Å². The van der Waals surface area contributed by atoms with Crippen LogP contribution in [0, 0.1) is 6.92 Å². The maximum Gasteiger partial charge on any atom is 0.340 e. The summed E-state index contributed by atoms with van der Waals surface area (Å²) in [4.78, 5) is 24.1. The molecule has 0 bridgehead atoms. The number of anilines is 2. The molecule has 5 nitrogen and oxygen atoms in total. The SMILES string of the molecule is CCOC(=O)c1ccccc1NC(=O)Nc1cc(Cl)ccc1C. The summed E-state index contributed by atoms with van der Waals surface area (Å²) in [6.45, 7) is 3.85. The second-order valence-corrected chi connectivity index (χ2v) is 5.24. The molecule has 0 saturated carbocycles. The number of hydrogen-bond donors (Lipinski definition) is 2. The third-order valence-electron chi connectivity index (χ3n) is 3.12. The molecule has 2 aromatic rings. The van der Waals surface area contributed by atoms with Gasteiger partial charge in [0.2, 0.25) is 0 Å². The Hall–Kier alpha value is -2.53. The van der Waals surface area contributed by atoms with Gasteiger partial charge in [-0.25, -0.2) is 9.59 Å². The topological polar surface area (TPSA) is 67.4 Å². The fourth-order valence-electron chi connectivity index (χ4n) is 1.98. The van der Waals surface area contributed by atoms with Crippen molar-refractivity contribution in [2.45, 2.75) is 13.8 Å². The Morgan fingerprint density at radius 1 is 1.09 bits per heavy atom. The van der Waals surface area contributed by atoms with Crippen LogP contribution in [0.1, 0.15) is 22.8 Å². The normalized spacial score (nSPS) is 10.0. The minimum absolute atomic E-state index is 0.265. The number of aryl methyl sites for hydroxylation is 1. The van der Waals surface area contributed by atoms with Crippen LogP contribution in [0.5, 0.6) is 0 Å². The molecule has 0 aliphatic carbocycles. The number of urea groups is 1. The molecule has 6 heteroatoms. The summed E-state index contributed by atoms with van der Waals surface area (Å²) in [7, 11) is 0. The zero-order chi connectivity index (χ0) is 16.8. The molecule has 0 spiro atoms. The molecule has 0 radical (unpaired) electrons. The molecule has 2 rings (SSSR count). The minimum atomic E-state index is -0.484. The van der Waals surface area contributed by atoms with Crippen molar-refractivity contribution in [1.29, 1.82) is 0 Å². The Bertz CT molecular complexity index is 732. The Kier molecular flexibility index (Phi) is 5.60. The van der Waals surface area contributed by atoms with E-state index in [0.29, 0.717) is 22.0 Å². The van der Waals surface area contributed by atoms with Crippen LogP contribution in [0.3, 0.4) is 0 Å². The van der Waals surface area contributed by atoms with E-state index >= 15 is 0 Å². The molecular formula is C17H17ClN2O3. The molecule has 0 unspecified atom stereocenters. The first-order valence-electron chi connectivity index (χ1n) is 7.11. The highest BCUT2D eigenvalue weighted by atomic mass is 35.5. The lowest BCUT2D eigenvalue weighted by Gasteiger charge is -2.12. The fraction of sp³-hybridized carbons (Fsp3) is 0.176. The Balaban J connectivity index is 2.14. The summed E-state index contributed by atoms with van der Waals surface area (Å²) < 4.78 is 4.98. The Morgan fingerprint density at radius 3 is 2.52 bits per heavy atom. The highest BCUT2D eigenvalue weighted by molar-refractivity contribution is 6.31. The lowest BCUT2D eigenvalue weighted by molar-refractivity contribution is 0.0527. The highest BCUT2D eigenvalue weighted by Crippen LogP contribution is 2.21. The largest absolute Gasteiger partial charge is 0.462 e. The second kappa shape index (κ2) is 7.65. The lowest BCUT2D eigenvalue weighted by atomic mass is 10.2. The van der Waals surface area contributed by atoms with Gasteiger partial charge < -0.3 is 15.4 Å². The summed E-state index contributed by atoms with van der Waals surface area (Å²) in [6, 6.07) is 11.4. The molecule has 120 valence electrons. The van der Waals surface area contributed by atoms with E-state index in [1.165, 1.54) is 0 Å². The van der Waals surface area contributed by atoms with Crippen molar-refractivity contribution in [2.24, 2.45) is 0 Å². The number of ether oxygens (including phenoxy) is 1. The van der Waals surface area contributed by atoms with Crippen LogP contribution in [0.4, 0.5) is 16.2 Å². The molecular weight excluding hydrogens is 316 g/mol. The van der Waals surface area contributed by atoms with E-state index in [-0.39, 0.29) is 6.61 Å². The van der Waals surface area contributed by atoms with Crippen LogP contribution in [0.2, 0.25) is 5.02 Å². The molecule has 0 fully saturated rings. The number of para-hydroxylation sites is 1. The van der Waals surface area contributed by atoms with E-state index in [1.807, 2.05) is 13.0 Å². The van der Waals surface area contributed by atoms with Crippen LogP contribution in [0.25, 0.3) is 0 Å². The number of benzene rings is 2. The predicted octanol–water partition coefficient (Wildman–Crippen LogP) is 4.47. The first kappa shape index (κ1) is 16.8. The van der Waals surface area contributed by atoms with Crippen molar-refractivity contribution in [3.8, 4) is 0 Å². The van der Waals surface area contributed by atoms with Crippen molar-refractivity contribution < 1.29 is 14.3 Å². The van der Waals surface area contributed by atoms with Gasteiger partial charge in [0.1, 0.15) is 0 Å². The molecule has 2 amide bonds. The maximum atomic E-state index is 12.2. The van der Waals surface area contributed by atoms with Crippen LogP contribution in [-0.2, 0) is 4.74 Å². The van der Waals surface area contributed by atoms with Gasteiger partial charge in [-0.2, -0.15) is 0 Å². The molecule has 0 heterocycles. The average Bonchev–Trinajstić information content (AvgIpc) is 2.51. The van der Waals surface area contributed by atoms with Crippen LogP contribution in [-0.4, -0.2) is 18.6 Å². The van der Waals surface area contributed by atoms with Gasteiger partial charge in [-0.05, 0) is 43.7 Å². The number of esters is 1. The van der Waals surface area contributed by atoms with Crippen molar-refractivity contribution >= 4 is 35.0 Å². The molecule has 0 aliphatic heterocycles. The minimum Gasteiger partial charge on any atom is -0.462 e. The number of nitrogens with one attached hydrogen (secondary N) is 2. The van der Waals surface area contributed by atoms with Crippen molar-refractivity contribution in [3.05, 3.63) is 58.6 Å². The summed E-state index contributed by atoms with van der Waals surface area (Å²) in [5.74, 6) is -0.484. The molecule has 2 aromatic carbocycles. The van der Waals surface area contributed by atoms with E-state index in [9.17, 15) is 9.59 Å². The van der Waals surface area contributed by atoms with E-state index < -0.39 is 12.0 Å². The number of carbonyl (C=O) groups is 2. The van der Waals surface area contributed by atoms with Crippen LogP contribution >= 0.6 is 11.6 Å². The van der Waals surface area contributed by atoms with Gasteiger partial charge in [-0.1, -0.05) is 29.8 Å². The fourth-order valence-corrected chi connectivity index (χ4v) is 2.16. The second-order valence-electron chi connectivity index (χ2n) is 4.80. The maximum absolute atomic E-state index is 12.2. The Morgan fingerprint density at radius 2 is 1.78 bits per heavy atom. The summed E-state index contributed by atoms with van der Waals surface area (Å²) in [6.07, 6.45) is 0. The molecule has 0 aromatic heterocycles. The zero-order valence-electron chi connectivity index (χ0n) is 12.9. The molecule has 2 N–H and O–H groups in total. The standard InChI is InChI=1S/C17H17ClN2O3/c1-3-23-16(21)13-6-4-5-7-14(13)19-17(22)20-15-10-12(18)9-8-11(15)2/h4-10H,3H2,1-2H3,(H2,19,20,22). The van der Waals surface area contributed by atoms with Gasteiger partial charge in [-0.3, -0.25) is 0 Å². The van der Waals surface area contributed by atoms with Gasteiger partial charge >= 0.3 is 12.0 Å². The first-order chi connectivity index (χ1) is 11.0. The van der Waals surface area contributed by atoms with E-state index in [0.717, 1.165) is 5.56 Å². The average molecular weight is 333 g/mol. The summed E-state index contributed by atoms with van der Waals surface area (Å²) in [5, 5.41) is 5.89. The molecule has 0 atom stereocenters. The summed E-state index contributed by atoms with van der Waals surface area (Å²) >= 11 is 5.93. The summed E-state index contributed by atoms with van der Waals surface area (Å²) in [5.41, 5.74) is 2.15.